The van der Waals surface area contributed by atoms with Crippen LogP contribution in [0.3, 0.4) is 0 Å². The Morgan fingerprint density at radius 3 is 2.92 bits per heavy atom. The first-order chi connectivity index (χ1) is 6.24. The van der Waals surface area contributed by atoms with Gasteiger partial charge in [0.05, 0.1) is 12.2 Å². The van der Waals surface area contributed by atoms with Crippen molar-refractivity contribution in [3.05, 3.63) is 30.1 Å². The van der Waals surface area contributed by atoms with Crippen molar-refractivity contribution in [1.29, 1.82) is 0 Å². The molecule has 0 aliphatic rings. The highest BCUT2D eigenvalue weighted by molar-refractivity contribution is 5.09. The highest BCUT2D eigenvalue weighted by Gasteiger charge is 2.13. The molecular formula is C10H15NO2. The summed E-state index contributed by atoms with van der Waals surface area (Å²) in [7, 11) is 1.59. The quantitative estimate of drug-likeness (QED) is 0.754. The molecule has 1 aromatic rings. The van der Waals surface area contributed by atoms with Crippen LogP contribution in [-0.4, -0.2) is 29.4 Å². The Labute approximate surface area is 78.4 Å². The van der Waals surface area contributed by atoms with Crippen molar-refractivity contribution in [3.8, 4) is 0 Å². The minimum Gasteiger partial charge on any atom is -0.390 e. The molecule has 2 unspecified atom stereocenters. The van der Waals surface area contributed by atoms with Crippen molar-refractivity contribution in [2.24, 2.45) is 0 Å². The molecule has 72 valence electrons. The maximum absolute atomic E-state index is 9.62. The van der Waals surface area contributed by atoms with E-state index in [0.717, 1.165) is 5.56 Å². The minimum absolute atomic E-state index is 0.139. The zero-order valence-corrected chi connectivity index (χ0v) is 7.97. The SMILES string of the molecule is COC(C)C(O)Cc1cccnc1. The van der Waals surface area contributed by atoms with Crippen molar-refractivity contribution in [2.45, 2.75) is 25.6 Å². The van der Waals surface area contributed by atoms with Crippen LogP contribution < -0.4 is 0 Å². The lowest BCUT2D eigenvalue weighted by atomic mass is 10.1. The predicted octanol–water partition coefficient (Wildman–Crippen LogP) is 1.02. The molecule has 0 spiro atoms. The maximum atomic E-state index is 9.62. The summed E-state index contributed by atoms with van der Waals surface area (Å²) in [6, 6.07) is 3.80. The third-order valence-corrected chi connectivity index (χ3v) is 2.08. The average molecular weight is 181 g/mol. The van der Waals surface area contributed by atoms with Crippen LogP contribution in [0.15, 0.2) is 24.5 Å². The highest BCUT2D eigenvalue weighted by Crippen LogP contribution is 2.06. The van der Waals surface area contributed by atoms with Crippen molar-refractivity contribution in [2.75, 3.05) is 7.11 Å². The van der Waals surface area contributed by atoms with Gasteiger partial charge in [0, 0.05) is 25.9 Å². The number of hydrogen-bond acceptors (Lipinski definition) is 3. The molecule has 0 bridgehead atoms. The first-order valence-electron chi connectivity index (χ1n) is 4.34. The third-order valence-electron chi connectivity index (χ3n) is 2.08. The smallest absolute Gasteiger partial charge is 0.0839 e. The average Bonchev–Trinajstić information content (AvgIpc) is 2.18. The van der Waals surface area contributed by atoms with Gasteiger partial charge in [0.1, 0.15) is 0 Å². The van der Waals surface area contributed by atoms with Gasteiger partial charge in [0.2, 0.25) is 0 Å². The van der Waals surface area contributed by atoms with Gasteiger partial charge in [-0.3, -0.25) is 4.98 Å². The summed E-state index contributed by atoms with van der Waals surface area (Å²) in [5.74, 6) is 0. The second kappa shape index (κ2) is 4.94. The van der Waals surface area contributed by atoms with Crippen LogP contribution in [-0.2, 0) is 11.2 Å². The fraction of sp³-hybridized carbons (Fsp3) is 0.500. The zero-order valence-electron chi connectivity index (χ0n) is 7.97. The Bertz CT molecular complexity index is 238. The van der Waals surface area contributed by atoms with Crippen LogP contribution in [0.2, 0.25) is 0 Å². The van der Waals surface area contributed by atoms with Crippen LogP contribution in [0.4, 0.5) is 0 Å². The summed E-state index contributed by atoms with van der Waals surface area (Å²) in [4.78, 5) is 3.97. The maximum Gasteiger partial charge on any atom is 0.0839 e. The fourth-order valence-electron chi connectivity index (χ4n) is 1.08. The van der Waals surface area contributed by atoms with E-state index in [-0.39, 0.29) is 6.10 Å². The highest BCUT2D eigenvalue weighted by atomic mass is 16.5. The Morgan fingerprint density at radius 2 is 2.38 bits per heavy atom. The van der Waals surface area contributed by atoms with Gasteiger partial charge in [-0.05, 0) is 18.6 Å². The van der Waals surface area contributed by atoms with E-state index in [9.17, 15) is 5.11 Å². The molecule has 1 heterocycles. The number of rotatable bonds is 4. The number of hydrogen-bond donors (Lipinski definition) is 1. The molecule has 0 aromatic carbocycles. The number of methoxy groups -OCH3 is 1. The number of aliphatic hydroxyl groups is 1. The Balaban J connectivity index is 2.50. The molecule has 13 heavy (non-hydrogen) atoms. The van der Waals surface area contributed by atoms with Crippen molar-refractivity contribution >= 4 is 0 Å². The van der Waals surface area contributed by atoms with Gasteiger partial charge in [0.15, 0.2) is 0 Å². The van der Waals surface area contributed by atoms with Gasteiger partial charge in [-0.2, -0.15) is 0 Å². The van der Waals surface area contributed by atoms with E-state index < -0.39 is 6.10 Å². The molecule has 1 rings (SSSR count). The summed E-state index contributed by atoms with van der Waals surface area (Å²) >= 11 is 0. The Kier molecular flexibility index (Phi) is 3.86. The van der Waals surface area contributed by atoms with E-state index in [4.69, 9.17) is 4.74 Å². The monoisotopic (exact) mass is 181 g/mol. The van der Waals surface area contributed by atoms with Crippen LogP contribution in [0.5, 0.6) is 0 Å². The molecule has 0 amide bonds. The summed E-state index contributed by atoms with van der Waals surface area (Å²) in [5, 5.41) is 9.62. The number of ether oxygens (including phenoxy) is 1. The number of pyridine rings is 1. The lowest BCUT2D eigenvalue weighted by molar-refractivity contribution is 0.000373. The molecule has 1 N–H and O–H groups in total. The summed E-state index contributed by atoms with van der Waals surface area (Å²) in [5.41, 5.74) is 1.03. The third kappa shape index (κ3) is 3.13. The van der Waals surface area contributed by atoms with Gasteiger partial charge in [-0.25, -0.2) is 0 Å². The van der Waals surface area contributed by atoms with Gasteiger partial charge >= 0.3 is 0 Å². The molecule has 0 aliphatic carbocycles. The van der Waals surface area contributed by atoms with Crippen LogP contribution in [0.25, 0.3) is 0 Å². The fourth-order valence-corrected chi connectivity index (χ4v) is 1.08. The van der Waals surface area contributed by atoms with Crippen molar-refractivity contribution < 1.29 is 9.84 Å². The number of aromatic nitrogens is 1. The van der Waals surface area contributed by atoms with E-state index in [2.05, 4.69) is 4.98 Å². The van der Waals surface area contributed by atoms with Gasteiger partial charge in [-0.1, -0.05) is 6.07 Å². The van der Waals surface area contributed by atoms with Crippen LogP contribution in [0.1, 0.15) is 12.5 Å². The second-order valence-electron chi connectivity index (χ2n) is 3.07. The van der Waals surface area contributed by atoms with Crippen molar-refractivity contribution in [3.63, 3.8) is 0 Å². The van der Waals surface area contributed by atoms with Crippen LogP contribution >= 0.6 is 0 Å². The molecule has 0 aliphatic heterocycles. The zero-order chi connectivity index (χ0) is 9.68. The Morgan fingerprint density at radius 1 is 1.62 bits per heavy atom. The molecule has 2 atom stereocenters. The molecule has 0 fully saturated rings. The first-order valence-corrected chi connectivity index (χ1v) is 4.34. The standard InChI is InChI=1S/C10H15NO2/c1-8(13-2)10(12)6-9-4-3-5-11-7-9/h3-5,7-8,10,12H,6H2,1-2H3. The van der Waals surface area contributed by atoms with E-state index >= 15 is 0 Å². The molecular weight excluding hydrogens is 166 g/mol. The first kappa shape index (κ1) is 10.2. The molecule has 3 heteroatoms. The van der Waals surface area contributed by atoms with E-state index in [1.54, 1.807) is 19.5 Å². The van der Waals surface area contributed by atoms with E-state index in [1.165, 1.54) is 0 Å². The lowest BCUT2D eigenvalue weighted by Crippen LogP contribution is -2.26. The predicted molar refractivity (Wildman–Crippen MR) is 50.4 cm³/mol. The van der Waals surface area contributed by atoms with E-state index in [1.807, 2.05) is 19.1 Å². The molecule has 0 saturated heterocycles. The summed E-state index contributed by atoms with van der Waals surface area (Å²) in [6.07, 6.45) is 3.46. The second-order valence-corrected chi connectivity index (χ2v) is 3.07. The van der Waals surface area contributed by atoms with Crippen LogP contribution in [0, 0.1) is 0 Å². The van der Waals surface area contributed by atoms with Gasteiger partial charge in [0.25, 0.3) is 0 Å². The number of aliphatic hydroxyl groups excluding tert-OH is 1. The molecule has 0 saturated carbocycles. The Hall–Kier alpha value is -0.930. The largest absolute Gasteiger partial charge is 0.390 e. The summed E-state index contributed by atoms with van der Waals surface area (Å²) in [6.45, 7) is 1.85. The van der Waals surface area contributed by atoms with E-state index in [0.29, 0.717) is 6.42 Å². The number of nitrogens with zero attached hydrogens (tertiary/aromatic N) is 1. The lowest BCUT2D eigenvalue weighted by Gasteiger charge is -2.16. The molecule has 0 radical (unpaired) electrons. The van der Waals surface area contributed by atoms with Crippen molar-refractivity contribution in [1.82, 2.24) is 4.98 Å². The molecule has 3 nitrogen and oxygen atoms in total. The summed E-state index contributed by atoms with van der Waals surface area (Å²) < 4.78 is 5.01. The normalized spacial score (nSPS) is 15.3. The topological polar surface area (TPSA) is 42.4 Å². The van der Waals surface area contributed by atoms with Gasteiger partial charge in [-0.15, -0.1) is 0 Å². The minimum atomic E-state index is -0.464. The molecule has 1 aromatic heterocycles. The van der Waals surface area contributed by atoms with Gasteiger partial charge < -0.3 is 9.84 Å².